The van der Waals surface area contributed by atoms with Crippen molar-refractivity contribution >= 4 is 17.1 Å². The van der Waals surface area contributed by atoms with Gasteiger partial charge in [-0.3, -0.25) is 0 Å². The van der Waals surface area contributed by atoms with Crippen LogP contribution in [0.25, 0.3) is 22.0 Å². The monoisotopic (exact) mass is 351 g/mol. The highest BCUT2D eigenvalue weighted by Gasteiger charge is 2.21. The summed E-state index contributed by atoms with van der Waals surface area (Å²) in [6, 6.07) is 14.5. The van der Waals surface area contributed by atoms with E-state index in [0.29, 0.717) is 23.4 Å². The van der Waals surface area contributed by atoms with Crippen molar-refractivity contribution in [3.8, 4) is 17.1 Å². The second-order valence-electron chi connectivity index (χ2n) is 6.72. The highest BCUT2D eigenvalue weighted by molar-refractivity contribution is 5.87. The molecule has 1 heterocycles. The van der Waals surface area contributed by atoms with Crippen LogP contribution in [0.2, 0.25) is 0 Å². The average Bonchev–Trinajstić information content (AvgIpc) is 2.65. The van der Waals surface area contributed by atoms with Gasteiger partial charge in [-0.05, 0) is 35.4 Å². The molecule has 0 radical (unpaired) electrons. The number of hydrogen-bond acceptors (Lipinski definition) is 3. The van der Waals surface area contributed by atoms with Crippen LogP contribution in [0.1, 0.15) is 31.7 Å². The molecule has 0 aliphatic carbocycles. The topological polar surface area (TPSA) is 39.2 Å². The van der Waals surface area contributed by atoms with Gasteiger partial charge in [0.05, 0.1) is 12.8 Å². The Morgan fingerprint density at radius 3 is 2.65 bits per heavy atom. The Balaban J connectivity index is 2.07. The smallest absolute Gasteiger partial charge is 0.217 e. The number of benzene rings is 2. The first-order chi connectivity index (χ1) is 12.5. The fourth-order valence-electron chi connectivity index (χ4n) is 3.31. The maximum absolute atomic E-state index is 14.1. The van der Waals surface area contributed by atoms with E-state index in [1.807, 2.05) is 30.3 Å². The van der Waals surface area contributed by atoms with Crippen LogP contribution in [0.4, 0.5) is 4.39 Å². The molecule has 0 N–H and O–H groups in total. The SMILES string of the molecule is COc1nc(-c2ccc3cccc(F)c3c2)ccc1C(CC=O)C(C)C. The molecular formula is C22H22FNO2. The third-order valence-electron chi connectivity index (χ3n) is 4.76. The van der Waals surface area contributed by atoms with Gasteiger partial charge in [0.15, 0.2) is 0 Å². The lowest BCUT2D eigenvalue weighted by atomic mass is 9.86. The Morgan fingerprint density at radius 1 is 1.15 bits per heavy atom. The normalized spacial score (nSPS) is 12.3. The molecule has 0 bridgehead atoms. The van der Waals surface area contributed by atoms with E-state index in [1.165, 1.54) is 6.07 Å². The summed E-state index contributed by atoms with van der Waals surface area (Å²) >= 11 is 0. The van der Waals surface area contributed by atoms with Crippen molar-refractivity contribution in [2.75, 3.05) is 7.11 Å². The van der Waals surface area contributed by atoms with Gasteiger partial charge < -0.3 is 9.53 Å². The van der Waals surface area contributed by atoms with Crippen LogP contribution in [0.5, 0.6) is 5.88 Å². The van der Waals surface area contributed by atoms with E-state index in [4.69, 9.17) is 4.74 Å². The number of aromatic nitrogens is 1. The summed E-state index contributed by atoms with van der Waals surface area (Å²) in [4.78, 5) is 15.7. The average molecular weight is 351 g/mol. The van der Waals surface area contributed by atoms with E-state index in [-0.39, 0.29) is 17.7 Å². The van der Waals surface area contributed by atoms with E-state index >= 15 is 0 Å². The molecule has 0 spiro atoms. The molecule has 0 aliphatic rings. The van der Waals surface area contributed by atoms with Crippen LogP contribution in [0.15, 0.2) is 48.5 Å². The second kappa shape index (κ2) is 7.65. The number of methoxy groups -OCH3 is 1. The van der Waals surface area contributed by atoms with Crippen molar-refractivity contribution < 1.29 is 13.9 Å². The predicted octanol–water partition coefficient (Wildman–Crippen LogP) is 5.38. The van der Waals surface area contributed by atoms with Crippen LogP contribution >= 0.6 is 0 Å². The highest BCUT2D eigenvalue weighted by atomic mass is 19.1. The molecule has 3 rings (SSSR count). The largest absolute Gasteiger partial charge is 0.481 e. The van der Waals surface area contributed by atoms with Crippen molar-refractivity contribution in [3.05, 3.63) is 59.9 Å². The molecule has 0 saturated heterocycles. The van der Waals surface area contributed by atoms with Crippen molar-refractivity contribution in [2.24, 2.45) is 5.92 Å². The number of carbonyl (C=O) groups is 1. The quantitative estimate of drug-likeness (QED) is 0.560. The summed E-state index contributed by atoms with van der Waals surface area (Å²) in [5.74, 6) is 0.602. The molecule has 26 heavy (non-hydrogen) atoms. The molecule has 4 heteroatoms. The molecule has 3 aromatic rings. The molecule has 1 aromatic heterocycles. The summed E-state index contributed by atoms with van der Waals surface area (Å²) in [6.45, 7) is 4.15. The van der Waals surface area contributed by atoms with Crippen LogP contribution in [0.3, 0.4) is 0 Å². The Labute approximate surface area is 152 Å². The molecule has 1 unspecified atom stereocenters. The lowest BCUT2D eigenvalue weighted by Gasteiger charge is -2.21. The summed E-state index contributed by atoms with van der Waals surface area (Å²) in [7, 11) is 1.58. The third kappa shape index (κ3) is 3.45. The Kier molecular flexibility index (Phi) is 5.31. The van der Waals surface area contributed by atoms with E-state index in [1.54, 1.807) is 19.2 Å². The number of fused-ring (bicyclic) bond motifs is 1. The molecule has 0 saturated carbocycles. The maximum atomic E-state index is 14.1. The van der Waals surface area contributed by atoms with Gasteiger partial charge in [-0.1, -0.05) is 44.2 Å². The standard InChI is InChI=1S/C22H22FNO2/c1-14(2)17(11-12-25)18-9-10-21(24-22(18)26-3)16-8-7-15-5-4-6-20(23)19(15)13-16/h4-10,12-14,17H,11H2,1-3H3. The number of ether oxygens (including phenoxy) is 1. The first-order valence-electron chi connectivity index (χ1n) is 8.72. The van der Waals surface area contributed by atoms with Gasteiger partial charge in [-0.2, -0.15) is 0 Å². The lowest BCUT2D eigenvalue weighted by molar-refractivity contribution is -0.108. The molecule has 0 amide bonds. The molecule has 0 fully saturated rings. The number of halogens is 1. The zero-order valence-electron chi connectivity index (χ0n) is 15.2. The van der Waals surface area contributed by atoms with Gasteiger partial charge in [0, 0.05) is 22.9 Å². The summed E-state index contributed by atoms with van der Waals surface area (Å²) in [5, 5.41) is 1.42. The van der Waals surface area contributed by atoms with E-state index in [0.717, 1.165) is 22.8 Å². The first kappa shape index (κ1) is 18.1. The van der Waals surface area contributed by atoms with Crippen molar-refractivity contribution in [1.82, 2.24) is 4.98 Å². The summed E-state index contributed by atoms with van der Waals surface area (Å²) in [5.41, 5.74) is 2.46. The molecule has 134 valence electrons. The van der Waals surface area contributed by atoms with Crippen LogP contribution < -0.4 is 4.74 Å². The van der Waals surface area contributed by atoms with Crippen LogP contribution in [-0.4, -0.2) is 18.4 Å². The third-order valence-corrected chi connectivity index (χ3v) is 4.76. The van der Waals surface area contributed by atoms with Gasteiger partial charge in [0.2, 0.25) is 5.88 Å². The number of hydrogen-bond donors (Lipinski definition) is 0. The Hall–Kier alpha value is -2.75. The van der Waals surface area contributed by atoms with Crippen molar-refractivity contribution in [2.45, 2.75) is 26.2 Å². The number of carbonyl (C=O) groups excluding carboxylic acids is 1. The predicted molar refractivity (Wildman–Crippen MR) is 102 cm³/mol. The molecule has 3 nitrogen and oxygen atoms in total. The first-order valence-corrected chi connectivity index (χ1v) is 8.72. The lowest BCUT2D eigenvalue weighted by Crippen LogP contribution is -2.10. The summed E-state index contributed by atoms with van der Waals surface area (Å²) in [6.07, 6.45) is 1.36. The van der Waals surface area contributed by atoms with E-state index < -0.39 is 0 Å². The number of aldehydes is 1. The van der Waals surface area contributed by atoms with Gasteiger partial charge in [0.25, 0.3) is 0 Å². The minimum absolute atomic E-state index is 0.0537. The minimum Gasteiger partial charge on any atom is -0.481 e. The van der Waals surface area contributed by atoms with Crippen LogP contribution in [-0.2, 0) is 4.79 Å². The van der Waals surface area contributed by atoms with E-state index in [2.05, 4.69) is 18.8 Å². The Bertz CT molecular complexity index is 937. The number of nitrogens with zero attached hydrogens (tertiary/aromatic N) is 1. The van der Waals surface area contributed by atoms with Gasteiger partial charge in [-0.15, -0.1) is 0 Å². The molecular weight excluding hydrogens is 329 g/mol. The van der Waals surface area contributed by atoms with Crippen molar-refractivity contribution in [3.63, 3.8) is 0 Å². The fraction of sp³-hybridized carbons (Fsp3) is 0.273. The zero-order chi connectivity index (χ0) is 18.7. The van der Waals surface area contributed by atoms with Crippen molar-refractivity contribution in [1.29, 1.82) is 0 Å². The van der Waals surface area contributed by atoms with Crippen LogP contribution in [0, 0.1) is 11.7 Å². The molecule has 0 aliphatic heterocycles. The maximum Gasteiger partial charge on any atom is 0.217 e. The number of pyridine rings is 1. The van der Waals surface area contributed by atoms with Gasteiger partial charge in [-0.25, -0.2) is 9.37 Å². The fourth-order valence-corrected chi connectivity index (χ4v) is 3.31. The Morgan fingerprint density at radius 2 is 1.96 bits per heavy atom. The minimum atomic E-state index is -0.251. The highest BCUT2D eigenvalue weighted by Crippen LogP contribution is 2.35. The second-order valence-corrected chi connectivity index (χ2v) is 6.72. The summed E-state index contributed by atoms with van der Waals surface area (Å²) < 4.78 is 19.6. The van der Waals surface area contributed by atoms with E-state index in [9.17, 15) is 9.18 Å². The van der Waals surface area contributed by atoms with Gasteiger partial charge in [0.1, 0.15) is 12.1 Å². The zero-order valence-corrected chi connectivity index (χ0v) is 15.2. The number of rotatable bonds is 6. The van der Waals surface area contributed by atoms with Gasteiger partial charge >= 0.3 is 0 Å². The molecule has 2 aromatic carbocycles. The molecule has 1 atom stereocenters.